The Morgan fingerprint density at radius 1 is 1.05 bits per heavy atom. The van der Waals surface area contributed by atoms with E-state index < -0.39 is 0 Å². The van der Waals surface area contributed by atoms with E-state index in [0.717, 1.165) is 23.4 Å². The molecule has 0 nitrogen and oxygen atoms in total. The molecule has 0 N–H and O–H groups in total. The lowest BCUT2D eigenvalue weighted by Gasteiger charge is -2.17. The van der Waals surface area contributed by atoms with Crippen LogP contribution in [0.1, 0.15) is 46.5 Å². The maximum absolute atomic E-state index is 6.23. The van der Waals surface area contributed by atoms with Gasteiger partial charge in [-0.05, 0) is 53.6 Å². The third-order valence-corrected chi connectivity index (χ3v) is 5.30. The zero-order valence-electron chi connectivity index (χ0n) is 12.2. The minimum absolute atomic E-state index is 0.192. The average molecular weight is 352 g/mol. The van der Waals surface area contributed by atoms with Gasteiger partial charge in [-0.1, -0.05) is 71.7 Å². The topological polar surface area (TPSA) is 0 Å². The van der Waals surface area contributed by atoms with Crippen LogP contribution in [0.2, 0.25) is 5.02 Å². The summed E-state index contributed by atoms with van der Waals surface area (Å²) in [5, 5.41) is 0.827. The van der Waals surface area contributed by atoms with Gasteiger partial charge in [0.2, 0.25) is 0 Å². The summed E-state index contributed by atoms with van der Waals surface area (Å²) in [4.78, 5) is 0.192. The van der Waals surface area contributed by atoms with E-state index in [1.165, 1.54) is 22.3 Å². The number of aryl methyl sites for hydroxylation is 2. The van der Waals surface area contributed by atoms with E-state index in [9.17, 15) is 0 Å². The van der Waals surface area contributed by atoms with Crippen LogP contribution in [0, 0.1) is 6.92 Å². The molecule has 0 amide bonds. The highest BCUT2D eigenvalue weighted by Crippen LogP contribution is 2.35. The van der Waals surface area contributed by atoms with Gasteiger partial charge in [-0.2, -0.15) is 0 Å². The van der Waals surface area contributed by atoms with Crippen LogP contribution in [0.15, 0.2) is 36.4 Å². The van der Waals surface area contributed by atoms with E-state index in [2.05, 4.69) is 61.0 Å². The van der Waals surface area contributed by atoms with Gasteiger partial charge in [-0.3, -0.25) is 0 Å². The summed E-state index contributed by atoms with van der Waals surface area (Å²) in [6, 6.07) is 12.9. The van der Waals surface area contributed by atoms with Crippen LogP contribution >= 0.6 is 27.5 Å². The minimum Gasteiger partial charge on any atom is -0.0840 e. The van der Waals surface area contributed by atoms with E-state index in [1.54, 1.807) is 0 Å². The van der Waals surface area contributed by atoms with Gasteiger partial charge in [0, 0.05) is 5.02 Å². The molecule has 2 aromatic rings. The molecule has 0 aromatic heterocycles. The van der Waals surface area contributed by atoms with Gasteiger partial charge in [-0.25, -0.2) is 0 Å². The smallest absolute Gasteiger partial charge is 0.0647 e. The Morgan fingerprint density at radius 3 is 2.40 bits per heavy atom. The lowest BCUT2D eigenvalue weighted by Crippen LogP contribution is -1.99. The summed E-state index contributed by atoms with van der Waals surface area (Å²) in [5.41, 5.74) is 6.56. The van der Waals surface area contributed by atoms with Crippen LogP contribution in [0.4, 0.5) is 0 Å². The molecule has 1 atom stereocenters. The largest absolute Gasteiger partial charge is 0.0840 e. The first-order chi connectivity index (χ1) is 9.58. The van der Waals surface area contributed by atoms with Crippen molar-refractivity contribution in [2.45, 2.75) is 38.4 Å². The van der Waals surface area contributed by atoms with Crippen molar-refractivity contribution in [1.29, 1.82) is 0 Å². The molecule has 0 saturated heterocycles. The second kappa shape index (κ2) is 6.78. The highest BCUT2D eigenvalue weighted by molar-refractivity contribution is 9.09. The molecule has 0 spiro atoms. The number of hydrogen-bond donors (Lipinski definition) is 0. The Kier molecular flexibility index (Phi) is 5.29. The summed E-state index contributed by atoms with van der Waals surface area (Å²) in [6.45, 7) is 6.50. The molecular weight excluding hydrogens is 332 g/mol. The molecule has 0 aliphatic carbocycles. The molecule has 0 aliphatic heterocycles. The molecule has 0 saturated carbocycles. The van der Waals surface area contributed by atoms with E-state index in [1.807, 2.05) is 12.1 Å². The Bertz CT molecular complexity index is 604. The van der Waals surface area contributed by atoms with Gasteiger partial charge in [0.1, 0.15) is 0 Å². The van der Waals surface area contributed by atoms with Crippen molar-refractivity contribution < 1.29 is 0 Å². The maximum atomic E-state index is 6.23. The predicted octanol–water partition coefficient (Wildman–Crippen LogP) is 6.26. The van der Waals surface area contributed by atoms with Gasteiger partial charge in [-0.15, -0.1) is 0 Å². The molecule has 0 bridgehead atoms. The summed E-state index contributed by atoms with van der Waals surface area (Å²) >= 11 is 10.1. The standard InChI is InChI=1S/C18H20BrCl/c1-4-13-9-10-15(11-14(13)5-2)18(19)16-7-6-8-17(20)12(16)3/h6-11,18H,4-5H2,1-3H3. The van der Waals surface area contributed by atoms with Crippen LogP contribution < -0.4 is 0 Å². The van der Waals surface area contributed by atoms with E-state index in [0.29, 0.717) is 0 Å². The maximum Gasteiger partial charge on any atom is 0.0647 e. The number of halogens is 2. The Morgan fingerprint density at radius 2 is 1.75 bits per heavy atom. The Balaban J connectivity index is 2.43. The number of benzene rings is 2. The fourth-order valence-corrected chi connectivity index (χ4v) is 3.52. The van der Waals surface area contributed by atoms with Gasteiger partial charge in [0.25, 0.3) is 0 Å². The van der Waals surface area contributed by atoms with Crippen molar-refractivity contribution in [3.8, 4) is 0 Å². The molecule has 2 heteroatoms. The highest BCUT2D eigenvalue weighted by atomic mass is 79.9. The first kappa shape index (κ1) is 15.6. The van der Waals surface area contributed by atoms with Crippen molar-refractivity contribution in [1.82, 2.24) is 0 Å². The first-order valence-electron chi connectivity index (χ1n) is 7.09. The minimum atomic E-state index is 0.192. The molecule has 2 rings (SSSR count). The third kappa shape index (κ3) is 3.10. The number of rotatable bonds is 4. The molecule has 0 aliphatic rings. The summed E-state index contributed by atoms with van der Waals surface area (Å²) < 4.78 is 0. The number of alkyl halides is 1. The molecule has 2 aromatic carbocycles. The van der Waals surface area contributed by atoms with Crippen molar-refractivity contribution >= 4 is 27.5 Å². The van der Waals surface area contributed by atoms with Crippen LogP contribution in [-0.2, 0) is 12.8 Å². The van der Waals surface area contributed by atoms with Crippen LogP contribution in [0.3, 0.4) is 0 Å². The Labute approximate surface area is 135 Å². The zero-order valence-corrected chi connectivity index (χ0v) is 14.6. The lowest BCUT2D eigenvalue weighted by atomic mass is 9.95. The van der Waals surface area contributed by atoms with Gasteiger partial charge < -0.3 is 0 Å². The second-order valence-electron chi connectivity index (χ2n) is 5.05. The van der Waals surface area contributed by atoms with Crippen molar-refractivity contribution in [2.24, 2.45) is 0 Å². The first-order valence-corrected chi connectivity index (χ1v) is 8.38. The van der Waals surface area contributed by atoms with Gasteiger partial charge >= 0.3 is 0 Å². The summed E-state index contributed by atoms with van der Waals surface area (Å²) in [6.07, 6.45) is 2.16. The van der Waals surface area contributed by atoms with Crippen LogP contribution in [-0.4, -0.2) is 0 Å². The van der Waals surface area contributed by atoms with Crippen LogP contribution in [0.25, 0.3) is 0 Å². The van der Waals surface area contributed by atoms with Crippen LogP contribution in [0.5, 0.6) is 0 Å². The van der Waals surface area contributed by atoms with E-state index in [4.69, 9.17) is 11.6 Å². The fourth-order valence-electron chi connectivity index (χ4n) is 2.56. The molecule has 20 heavy (non-hydrogen) atoms. The lowest BCUT2D eigenvalue weighted by molar-refractivity contribution is 1.02. The van der Waals surface area contributed by atoms with Crippen molar-refractivity contribution in [3.63, 3.8) is 0 Å². The third-order valence-electron chi connectivity index (χ3n) is 3.87. The average Bonchev–Trinajstić information content (AvgIpc) is 2.48. The molecule has 106 valence electrons. The Hall–Kier alpha value is -0.790. The second-order valence-corrected chi connectivity index (χ2v) is 6.37. The normalized spacial score (nSPS) is 12.4. The van der Waals surface area contributed by atoms with Gasteiger partial charge in [0.05, 0.1) is 4.83 Å². The quantitative estimate of drug-likeness (QED) is 0.570. The summed E-state index contributed by atoms with van der Waals surface area (Å²) in [7, 11) is 0. The molecule has 0 fully saturated rings. The van der Waals surface area contributed by atoms with Crippen molar-refractivity contribution in [2.75, 3.05) is 0 Å². The van der Waals surface area contributed by atoms with Crippen molar-refractivity contribution in [3.05, 3.63) is 69.2 Å². The molecule has 0 radical (unpaired) electrons. The monoisotopic (exact) mass is 350 g/mol. The predicted molar refractivity (Wildman–Crippen MR) is 92.2 cm³/mol. The SMILES string of the molecule is CCc1ccc(C(Br)c2cccc(Cl)c2C)cc1CC. The van der Waals surface area contributed by atoms with E-state index in [-0.39, 0.29) is 4.83 Å². The number of hydrogen-bond acceptors (Lipinski definition) is 0. The molecular formula is C18H20BrCl. The fraction of sp³-hybridized carbons (Fsp3) is 0.333. The molecule has 1 unspecified atom stereocenters. The van der Waals surface area contributed by atoms with E-state index >= 15 is 0 Å². The molecule has 0 heterocycles. The zero-order chi connectivity index (χ0) is 14.7. The van der Waals surface area contributed by atoms with Gasteiger partial charge in [0.15, 0.2) is 0 Å². The summed E-state index contributed by atoms with van der Waals surface area (Å²) in [5.74, 6) is 0. The highest BCUT2D eigenvalue weighted by Gasteiger charge is 2.15.